The van der Waals surface area contributed by atoms with Crippen molar-refractivity contribution in [2.75, 3.05) is 0 Å². The molecule has 0 unspecified atom stereocenters. The molecule has 1 fully saturated rings. The van der Waals surface area contributed by atoms with Crippen LogP contribution in [-0.4, -0.2) is 56.8 Å². The number of hydrogen-bond acceptors (Lipinski definition) is 8. The Balaban J connectivity index is 1.33. The molecule has 0 amide bonds. The minimum absolute atomic E-state index is 0.00126. The number of phenolic OH excluding ortho intramolecular Hbond substituents is 1. The standard InChI is InChI=1S/C25H26FN9O/c1-24(2)11-15(12-25(3,4)32-24)35-23-20(29-34-35)10-18(27-31-23)16-6-5-13(9-21(16)36)14-7-17(26)22-19(8-14)28-33-30-22/h5-10,15,32,36H,11-12H2,1-4H3,(H,28,30,33). The molecule has 0 radical (unpaired) electrons. The van der Waals surface area contributed by atoms with Gasteiger partial charge in [-0.1, -0.05) is 16.5 Å². The van der Waals surface area contributed by atoms with Crippen LogP contribution in [0.3, 0.4) is 0 Å². The normalized spacial score (nSPS) is 17.7. The lowest BCUT2D eigenvalue weighted by molar-refractivity contribution is 0.127. The van der Waals surface area contributed by atoms with Crippen molar-refractivity contribution >= 4 is 22.2 Å². The van der Waals surface area contributed by atoms with Gasteiger partial charge in [0.05, 0.1) is 17.3 Å². The maximum absolute atomic E-state index is 14.4. The third kappa shape index (κ3) is 3.85. The third-order valence-electron chi connectivity index (χ3n) is 6.73. The van der Waals surface area contributed by atoms with Gasteiger partial charge in [-0.3, -0.25) is 5.10 Å². The number of H-pyrrole nitrogens is 1. The number of aromatic nitrogens is 8. The number of aromatic amines is 1. The molecule has 6 rings (SSSR count). The number of aromatic hydroxyl groups is 1. The van der Waals surface area contributed by atoms with Crippen LogP contribution in [0.25, 0.3) is 44.6 Å². The van der Waals surface area contributed by atoms with Crippen LogP contribution in [0.2, 0.25) is 0 Å². The quantitative estimate of drug-likeness (QED) is 0.346. The summed E-state index contributed by atoms with van der Waals surface area (Å²) in [6.07, 6.45) is 1.78. The zero-order valence-corrected chi connectivity index (χ0v) is 20.4. The number of phenols is 1. The SMILES string of the molecule is CC1(C)CC(n2nnc3cc(-c4ccc(-c5cc(F)c6nn[nH]c6c5)cc4O)nnc32)CC(C)(C)N1. The van der Waals surface area contributed by atoms with E-state index in [1.807, 2.05) is 4.68 Å². The van der Waals surface area contributed by atoms with E-state index in [9.17, 15) is 9.50 Å². The van der Waals surface area contributed by atoms with Crippen LogP contribution in [0.1, 0.15) is 46.6 Å². The molecule has 36 heavy (non-hydrogen) atoms. The predicted molar refractivity (Wildman–Crippen MR) is 133 cm³/mol. The first-order valence-electron chi connectivity index (χ1n) is 11.8. The zero-order chi connectivity index (χ0) is 25.2. The molecule has 0 saturated carbocycles. The highest BCUT2D eigenvalue weighted by atomic mass is 19.1. The molecule has 0 bridgehead atoms. The Morgan fingerprint density at radius 3 is 2.47 bits per heavy atom. The van der Waals surface area contributed by atoms with Crippen molar-refractivity contribution in [3.05, 3.63) is 42.2 Å². The molecule has 0 aliphatic carbocycles. The molecule has 1 aliphatic heterocycles. The molecule has 0 atom stereocenters. The maximum atomic E-state index is 14.4. The summed E-state index contributed by atoms with van der Waals surface area (Å²) in [7, 11) is 0. The summed E-state index contributed by atoms with van der Waals surface area (Å²) >= 11 is 0. The van der Waals surface area contributed by atoms with Gasteiger partial charge in [-0.25, -0.2) is 9.07 Å². The fraction of sp³-hybridized carbons (Fsp3) is 0.360. The number of piperidine rings is 1. The second kappa shape index (κ2) is 7.76. The lowest BCUT2D eigenvalue weighted by Crippen LogP contribution is -2.58. The van der Waals surface area contributed by atoms with E-state index in [-0.39, 0.29) is 28.4 Å². The van der Waals surface area contributed by atoms with Gasteiger partial charge in [-0.05, 0) is 82.0 Å². The number of fused-ring (bicyclic) bond motifs is 2. The van der Waals surface area contributed by atoms with Crippen LogP contribution >= 0.6 is 0 Å². The fourth-order valence-corrected chi connectivity index (χ4v) is 5.58. The van der Waals surface area contributed by atoms with Gasteiger partial charge < -0.3 is 10.4 Å². The Bertz CT molecular complexity index is 1600. The topological polar surface area (TPSA) is 130 Å². The summed E-state index contributed by atoms with van der Waals surface area (Å²) in [6.45, 7) is 8.76. The molecule has 2 aromatic carbocycles. The van der Waals surface area contributed by atoms with E-state index < -0.39 is 5.82 Å². The summed E-state index contributed by atoms with van der Waals surface area (Å²) in [6, 6.07) is 10.1. The zero-order valence-electron chi connectivity index (χ0n) is 20.4. The summed E-state index contributed by atoms with van der Waals surface area (Å²) in [5, 5.41) is 42.1. The van der Waals surface area contributed by atoms with E-state index >= 15 is 0 Å². The molecule has 5 aromatic rings. The first-order valence-corrected chi connectivity index (χ1v) is 11.8. The number of nitrogens with one attached hydrogen (secondary N) is 2. The van der Waals surface area contributed by atoms with Crippen LogP contribution < -0.4 is 5.32 Å². The molecule has 3 aromatic heterocycles. The number of halogens is 1. The molecule has 0 spiro atoms. The highest BCUT2D eigenvalue weighted by Gasteiger charge is 2.39. The lowest BCUT2D eigenvalue weighted by Gasteiger charge is -2.46. The number of nitrogens with zero attached hydrogens (tertiary/aromatic N) is 7. The fourth-order valence-electron chi connectivity index (χ4n) is 5.58. The first-order chi connectivity index (χ1) is 17.1. The Labute approximate surface area is 205 Å². The van der Waals surface area contributed by atoms with Crippen molar-refractivity contribution in [3.8, 4) is 28.1 Å². The Morgan fingerprint density at radius 2 is 1.72 bits per heavy atom. The number of hydrogen-bond donors (Lipinski definition) is 3. The largest absolute Gasteiger partial charge is 0.507 e. The van der Waals surface area contributed by atoms with E-state index in [4.69, 9.17) is 0 Å². The van der Waals surface area contributed by atoms with Crippen molar-refractivity contribution in [2.24, 2.45) is 0 Å². The Morgan fingerprint density at radius 1 is 0.944 bits per heavy atom. The van der Waals surface area contributed by atoms with Crippen LogP contribution in [0.5, 0.6) is 5.75 Å². The van der Waals surface area contributed by atoms with Crippen molar-refractivity contribution in [3.63, 3.8) is 0 Å². The van der Waals surface area contributed by atoms with Gasteiger partial charge in [0.2, 0.25) is 5.65 Å². The van der Waals surface area contributed by atoms with Crippen molar-refractivity contribution in [1.82, 2.24) is 45.9 Å². The van der Waals surface area contributed by atoms with Crippen LogP contribution in [0, 0.1) is 5.82 Å². The van der Waals surface area contributed by atoms with Gasteiger partial charge in [0.25, 0.3) is 0 Å². The monoisotopic (exact) mass is 487 g/mol. The maximum Gasteiger partial charge on any atom is 0.201 e. The minimum Gasteiger partial charge on any atom is -0.507 e. The minimum atomic E-state index is -0.486. The summed E-state index contributed by atoms with van der Waals surface area (Å²) < 4.78 is 16.2. The molecule has 11 heteroatoms. The number of benzene rings is 2. The van der Waals surface area contributed by atoms with Crippen molar-refractivity contribution in [2.45, 2.75) is 57.7 Å². The smallest absolute Gasteiger partial charge is 0.201 e. The molecule has 10 nitrogen and oxygen atoms in total. The second-order valence-corrected chi connectivity index (χ2v) is 10.8. The van der Waals surface area contributed by atoms with Crippen molar-refractivity contribution in [1.29, 1.82) is 0 Å². The third-order valence-corrected chi connectivity index (χ3v) is 6.73. The number of rotatable bonds is 3. The van der Waals surface area contributed by atoms with E-state index in [2.05, 4.69) is 68.9 Å². The molecular formula is C25H26FN9O. The highest BCUT2D eigenvalue weighted by Crippen LogP contribution is 2.37. The molecule has 4 heterocycles. The second-order valence-electron chi connectivity index (χ2n) is 10.8. The molecule has 1 aliphatic rings. The van der Waals surface area contributed by atoms with Crippen LogP contribution in [-0.2, 0) is 0 Å². The van der Waals surface area contributed by atoms with E-state index in [1.54, 1.807) is 30.3 Å². The van der Waals surface area contributed by atoms with E-state index in [1.165, 1.54) is 6.07 Å². The van der Waals surface area contributed by atoms with Gasteiger partial charge in [0, 0.05) is 16.6 Å². The van der Waals surface area contributed by atoms with Gasteiger partial charge >= 0.3 is 0 Å². The molecule has 184 valence electrons. The van der Waals surface area contributed by atoms with Gasteiger partial charge in [0.15, 0.2) is 5.82 Å². The lowest BCUT2D eigenvalue weighted by atomic mass is 9.80. The Hall–Kier alpha value is -3.99. The van der Waals surface area contributed by atoms with Crippen LogP contribution in [0.4, 0.5) is 4.39 Å². The van der Waals surface area contributed by atoms with Gasteiger partial charge in [0.1, 0.15) is 16.8 Å². The van der Waals surface area contributed by atoms with Crippen LogP contribution in [0.15, 0.2) is 36.4 Å². The average molecular weight is 488 g/mol. The molecular weight excluding hydrogens is 461 g/mol. The van der Waals surface area contributed by atoms with Gasteiger partial charge in [-0.15, -0.1) is 20.4 Å². The highest BCUT2D eigenvalue weighted by molar-refractivity contribution is 5.84. The summed E-state index contributed by atoms with van der Waals surface area (Å²) in [5.74, 6) is -0.488. The summed E-state index contributed by atoms with van der Waals surface area (Å²) in [4.78, 5) is 0. The Kier molecular flexibility index (Phi) is 4.84. The van der Waals surface area contributed by atoms with E-state index in [0.717, 1.165) is 12.8 Å². The predicted octanol–water partition coefficient (Wildman–Crippen LogP) is 4.15. The molecule has 1 saturated heterocycles. The average Bonchev–Trinajstić information content (AvgIpc) is 3.44. The molecule has 3 N–H and O–H groups in total. The van der Waals surface area contributed by atoms with Gasteiger partial charge in [-0.2, -0.15) is 0 Å². The van der Waals surface area contributed by atoms with E-state index in [0.29, 0.717) is 39.1 Å². The summed E-state index contributed by atoms with van der Waals surface area (Å²) in [5.41, 5.74) is 3.98. The van der Waals surface area contributed by atoms with Crippen molar-refractivity contribution < 1.29 is 9.50 Å². The first kappa shape index (κ1) is 22.5.